The third-order valence-electron chi connectivity index (χ3n) is 9.23. The van der Waals surface area contributed by atoms with E-state index < -0.39 is 0 Å². The quantitative estimate of drug-likeness (QED) is 0.203. The number of hydrogen-bond acceptors (Lipinski definition) is 2. The van der Waals surface area contributed by atoms with Crippen molar-refractivity contribution in [3.63, 3.8) is 0 Å². The minimum absolute atomic E-state index is 0.000455. The van der Waals surface area contributed by atoms with E-state index >= 15 is 0 Å². The van der Waals surface area contributed by atoms with Gasteiger partial charge in [0, 0.05) is 0 Å². The fourth-order valence-electron chi connectivity index (χ4n) is 7.28. The highest BCUT2D eigenvalue weighted by Gasteiger charge is 2.26. The number of fused-ring (bicyclic) bond motifs is 12. The molecule has 0 unspecified atom stereocenters. The van der Waals surface area contributed by atoms with E-state index in [0.717, 1.165) is 50.2 Å². The van der Waals surface area contributed by atoms with Crippen molar-refractivity contribution in [2.24, 2.45) is 0 Å². The summed E-state index contributed by atoms with van der Waals surface area (Å²) in [5.41, 5.74) is 11.4. The maximum atomic E-state index is 5.26. The smallest absolute Gasteiger partial charge is 0.223 e. The van der Waals surface area contributed by atoms with E-state index in [9.17, 15) is 0 Å². The first kappa shape index (κ1) is 23.2. The van der Waals surface area contributed by atoms with Crippen LogP contribution in [0.3, 0.4) is 0 Å². The van der Waals surface area contributed by atoms with Crippen molar-refractivity contribution < 1.29 is 0 Å². The van der Waals surface area contributed by atoms with E-state index in [1.165, 1.54) is 38.2 Å². The SMILES string of the molecule is CC(C)(C)c1ccccc1-c1cc2c3c(c1)n1c4cc5ccccc5cc4nc1n3c1nc3cc4ccccc4cc3n21. The van der Waals surface area contributed by atoms with Crippen LogP contribution < -0.4 is 0 Å². The van der Waals surface area contributed by atoms with E-state index in [0.29, 0.717) is 0 Å². The summed E-state index contributed by atoms with van der Waals surface area (Å²) in [5.74, 6) is 1.78. The number of benzene rings is 6. The molecule has 0 bridgehead atoms. The minimum atomic E-state index is -0.000455. The Labute approximate surface area is 246 Å². The second kappa shape index (κ2) is 7.69. The van der Waals surface area contributed by atoms with Crippen LogP contribution in [0.2, 0.25) is 0 Å². The Hall–Kier alpha value is -5.42. The van der Waals surface area contributed by atoms with Gasteiger partial charge in [-0.1, -0.05) is 93.6 Å². The molecule has 43 heavy (non-hydrogen) atoms. The zero-order chi connectivity index (χ0) is 28.6. The third-order valence-corrected chi connectivity index (χ3v) is 9.23. The molecule has 0 radical (unpaired) electrons. The van der Waals surface area contributed by atoms with Crippen LogP contribution >= 0.6 is 0 Å². The van der Waals surface area contributed by atoms with Crippen LogP contribution in [0, 0.1) is 0 Å². The summed E-state index contributed by atoms with van der Waals surface area (Å²) in [6.45, 7) is 6.87. The Balaban J connectivity index is 1.44. The van der Waals surface area contributed by atoms with E-state index in [4.69, 9.17) is 9.97 Å². The highest BCUT2D eigenvalue weighted by molar-refractivity contribution is 6.08. The van der Waals surface area contributed by atoms with Crippen molar-refractivity contribution in [2.45, 2.75) is 26.2 Å². The van der Waals surface area contributed by atoms with Crippen LogP contribution in [0.5, 0.6) is 0 Å². The van der Waals surface area contributed by atoms with Gasteiger partial charge in [-0.3, -0.25) is 8.80 Å². The van der Waals surface area contributed by atoms with Gasteiger partial charge in [0.25, 0.3) is 0 Å². The molecule has 0 N–H and O–H groups in total. The van der Waals surface area contributed by atoms with Crippen molar-refractivity contribution >= 4 is 71.7 Å². The number of rotatable bonds is 1. The van der Waals surface area contributed by atoms with E-state index in [-0.39, 0.29) is 5.41 Å². The van der Waals surface area contributed by atoms with Gasteiger partial charge in [-0.2, -0.15) is 0 Å². The highest BCUT2D eigenvalue weighted by Crippen LogP contribution is 2.40. The Morgan fingerprint density at radius 3 is 1.47 bits per heavy atom. The molecule has 10 rings (SSSR count). The van der Waals surface area contributed by atoms with Gasteiger partial charge >= 0.3 is 0 Å². The highest BCUT2D eigenvalue weighted by atomic mass is 15.3. The Bertz CT molecular complexity index is 2610. The molecule has 0 aliphatic carbocycles. The summed E-state index contributed by atoms with van der Waals surface area (Å²) in [6, 6.07) is 39.6. The number of imidazole rings is 4. The van der Waals surface area contributed by atoms with E-state index in [2.05, 4.69) is 143 Å². The fraction of sp³-hybridized carbons (Fsp3) is 0.105. The number of hydrogen-bond donors (Lipinski definition) is 0. The Morgan fingerprint density at radius 2 is 0.953 bits per heavy atom. The van der Waals surface area contributed by atoms with Crippen LogP contribution in [0.1, 0.15) is 26.3 Å². The van der Waals surface area contributed by atoms with Crippen molar-refractivity contribution in [3.05, 3.63) is 115 Å². The molecule has 5 nitrogen and oxygen atoms in total. The second-order valence-electron chi connectivity index (χ2n) is 12.9. The van der Waals surface area contributed by atoms with Crippen LogP contribution in [0.25, 0.3) is 82.8 Å². The molecule has 0 spiro atoms. The third kappa shape index (κ3) is 2.96. The average Bonchev–Trinajstić information content (AvgIpc) is 3.73. The summed E-state index contributed by atoms with van der Waals surface area (Å²) < 4.78 is 6.94. The van der Waals surface area contributed by atoms with Crippen molar-refractivity contribution in [1.82, 2.24) is 23.2 Å². The zero-order valence-corrected chi connectivity index (χ0v) is 24.1. The van der Waals surface area contributed by atoms with Gasteiger partial charge in [-0.25, -0.2) is 14.4 Å². The summed E-state index contributed by atoms with van der Waals surface area (Å²) >= 11 is 0. The van der Waals surface area contributed by atoms with Crippen LogP contribution in [-0.2, 0) is 5.41 Å². The normalized spacial score (nSPS) is 13.0. The van der Waals surface area contributed by atoms with Crippen LogP contribution in [0.15, 0.2) is 109 Å². The average molecular weight is 554 g/mol. The summed E-state index contributed by atoms with van der Waals surface area (Å²) in [7, 11) is 0. The van der Waals surface area contributed by atoms with Crippen molar-refractivity contribution in [1.29, 1.82) is 0 Å². The standard InChI is InChI=1S/C38H27N5/c1-38(2,3)28-15-9-8-14-27(28)26-20-33-35-34(21-26)42-32-19-25-13-7-5-11-23(25)17-30(32)40-37(42)43(35)36-39-29-16-22-10-4-6-12-24(22)18-31(29)41(33)36/h4-21H,1-3H3. The molecule has 0 aliphatic heterocycles. The molecule has 0 aliphatic rings. The molecule has 0 saturated heterocycles. The monoisotopic (exact) mass is 553 g/mol. The molecule has 0 amide bonds. The lowest BCUT2D eigenvalue weighted by atomic mass is 9.82. The molecule has 4 heterocycles. The molecule has 6 aromatic carbocycles. The number of nitrogens with zero attached hydrogens (tertiary/aromatic N) is 5. The molecule has 0 fully saturated rings. The summed E-state index contributed by atoms with van der Waals surface area (Å²) in [6.07, 6.45) is 0. The van der Waals surface area contributed by atoms with Crippen LogP contribution in [-0.4, -0.2) is 23.2 Å². The molecule has 4 aromatic heterocycles. The summed E-state index contributed by atoms with van der Waals surface area (Å²) in [4.78, 5) is 10.5. The van der Waals surface area contributed by atoms with E-state index in [1.54, 1.807) is 0 Å². The van der Waals surface area contributed by atoms with E-state index in [1.807, 2.05) is 0 Å². The van der Waals surface area contributed by atoms with Gasteiger partial charge in [0.05, 0.1) is 33.1 Å². The lowest BCUT2D eigenvalue weighted by Gasteiger charge is -2.23. The van der Waals surface area contributed by atoms with Gasteiger partial charge in [-0.05, 0) is 80.0 Å². The van der Waals surface area contributed by atoms with Crippen molar-refractivity contribution in [2.75, 3.05) is 0 Å². The molecule has 5 heteroatoms. The lowest BCUT2D eigenvalue weighted by molar-refractivity contribution is 0.592. The molecule has 204 valence electrons. The first-order chi connectivity index (χ1) is 20.9. The molecule has 0 saturated carbocycles. The van der Waals surface area contributed by atoms with Crippen molar-refractivity contribution in [3.8, 4) is 11.1 Å². The Kier molecular flexibility index (Phi) is 4.15. The predicted molar refractivity (Wildman–Crippen MR) is 178 cm³/mol. The van der Waals surface area contributed by atoms with Gasteiger partial charge in [0.1, 0.15) is 5.52 Å². The largest absolute Gasteiger partial charge is 0.276 e. The van der Waals surface area contributed by atoms with Gasteiger partial charge in [0.2, 0.25) is 11.6 Å². The first-order valence-electron chi connectivity index (χ1n) is 14.9. The molecule has 0 atom stereocenters. The zero-order valence-electron chi connectivity index (χ0n) is 24.1. The van der Waals surface area contributed by atoms with Crippen LogP contribution in [0.4, 0.5) is 0 Å². The Morgan fingerprint density at radius 1 is 0.488 bits per heavy atom. The predicted octanol–water partition coefficient (Wildman–Crippen LogP) is 9.40. The lowest BCUT2D eigenvalue weighted by Crippen LogP contribution is -2.12. The van der Waals surface area contributed by atoms with Gasteiger partial charge in [-0.15, -0.1) is 0 Å². The first-order valence-corrected chi connectivity index (χ1v) is 14.9. The van der Waals surface area contributed by atoms with Gasteiger partial charge in [0.15, 0.2) is 0 Å². The molecular weight excluding hydrogens is 526 g/mol. The number of aromatic nitrogens is 5. The topological polar surface area (TPSA) is 39.0 Å². The maximum Gasteiger partial charge on any atom is 0.223 e. The second-order valence-corrected chi connectivity index (χ2v) is 12.9. The minimum Gasteiger partial charge on any atom is -0.276 e. The molecular formula is C38H27N5. The fourth-order valence-corrected chi connectivity index (χ4v) is 7.28. The molecule has 10 aromatic rings. The summed E-state index contributed by atoms with van der Waals surface area (Å²) in [5, 5.41) is 4.81. The van der Waals surface area contributed by atoms with Gasteiger partial charge < -0.3 is 0 Å². The maximum absolute atomic E-state index is 5.26.